The molecule has 0 bridgehead atoms. The van der Waals surface area contributed by atoms with E-state index >= 15 is 0 Å². The first-order chi connectivity index (χ1) is 16.6. The predicted octanol–water partition coefficient (Wildman–Crippen LogP) is 1.29. The lowest BCUT2D eigenvalue weighted by Gasteiger charge is -2.42. The molecule has 8 heteroatoms. The van der Waals surface area contributed by atoms with Crippen molar-refractivity contribution < 1.29 is 12.4 Å². The van der Waals surface area contributed by atoms with Crippen molar-refractivity contribution in [3.63, 3.8) is 0 Å². The van der Waals surface area contributed by atoms with Crippen LogP contribution in [0.2, 0.25) is 0 Å². The summed E-state index contributed by atoms with van der Waals surface area (Å²) >= 11 is 0. The molecule has 0 radical (unpaired) electrons. The Morgan fingerprint density at radius 2 is 1.28 bits per heavy atom. The van der Waals surface area contributed by atoms with Crippen LogP contribution in [-0.4, -0.2) is 49.1 Å². The first-order valence-electron chi connectivity index (χ1n) is 12.3. The maximum atomic E-state index is 9.33. The molecule has 0 spiro atoms. The summed E-state index contributed by atoms with van der Waals surface area (Å²) in [6.45, 7) is 14.3. The minimum atomic E-state index is 0. The van der Waals surface area contributed by atoms with Crippen LogP contribution >= 0.6 is 0 Å². The third kappa shape index (κ3) is 7.38. The molecule has 0 aromatic heterocycles. The molecular weight excluding hydrogens is 470 g/mol. The number of nitrogens with zero attached hydrogens (tertiary/aromatic N) is 6. The summed E-state index contributed by atoms with van der Waals surface area (Å²) in [5, 5.41) is 40.7. The molecule has 1 aliphatic heterocycles. The summed E-state index contributed by atoms with van der Waals surface area (Å²) in [5.41, 5.74) is 4.51. The van der Waals surface area contributed by atoms with Gasteiger partial charge in [0.2, 0.25) is 0 Å². The molecule has 0 amide bonds. The second-order valence-corrected chi connectivity index (χ2v) is 11.3. The van der Waals surface area contributed by atoms with Crippen molar-refractivity contribution in [2.75, 3.05) is 39.3 Å². The summed E-state index contributed by atoms with van der Waals surface area (Å²) in [5.74, 6) is 0. The fourth-order valence-electron chi connectivity index (χ4n) is 5.39. The van der Waals surface area contributed by atoms with Crippen molar-refractivity contribution in [1.82, 2.24) is 15.1 Å². The number of halogens is 1. The standard InChI is InChI=1S/C28H35N7.ClH/c1-27(2)13-21(23(17-29)18-30)11-25(15-27)33-5-6-34-7-9-35(10-8-34)26-12-22(24(19-31)20-32)14-28(3,4)16-26;/h11-12,33H,5-10,13-16H2,1-4H3;1H/p-1. The van der Waals surface area contributed by atoms with Gasteiger partial charge in [0.1, 0.15) is 35.4 Å². The largest absolute Gasteiger partial charge is 1.00 e. The Bertz CT molecular complexity index is 1100. The van der Waals surface area contributed by atoms with E-state index in [1.165, 1.54) is 5.70 Å². The zero-order valence-corrected chi connectivity index (χ0v) is 22.5. The number of hydrogen-bond acceptors (Lipinski definition) is 7. The monoisotopic (exact) mass is 504 g/mol. The summed E-state index contributed by atoms with van der Waals surface area (Å²) in [7, 11) is 0. The van der Waals surface area contributed by atoms with Crippen LogP contribution in [0, 0.1) is 56.2 Å². The third-order valence-electron chi connectivity index (χ3n) is 7.00. The molecule has 1 saturated heterocycles. The zero-order valence-electron chi connectivity index (χ0n) is 21.8. The third-order valence-corrected chi connectivity index (χ3v) is 7.00. The van der Waals surface area contributed by atoms with Gasteiger partial charge in [-0.15, -0.1) is 0 Å². The normalized spacial score (nSPS) is 20.8. The van der Waals surface area contributed by atoms with Crippen LogP contribution in [-0.2, 0) is 0 Å². The van der Waals surface area contributed by atoms with Crippen LogP contribution in [0.15, 0.2) is 45.8 Å². The van der Waals surface area contributed by atoms with E-state index in [1.807, 2.05) is 18.2 Å². The first kappa shape index (κ1) is 29.0. The molecule has 0 saturated carbocycles. The van der Waals surface area contributed by atoms with Gasteiger partial charge in [0.15, 0.2) is 0 Å². The highest BCUT2D eigenvalue weighted by molar-refractivity contribution is 5.48. The lowest BCUT2D eigenvalue weighted by atomic mass is 9.75. The van der Waals surface area contributed by atoms with E-state index < -0.39 is 0 Å². The van der Waals surface area contributed by atoms with Crippen LogP contribution in [0.25, 0.3) is 0 Å². The van der Waals surface area contributed by atoms with Gasteiger partial charge in [0.25, 0.3) is 0 Å². The highest BCUT2D eigenvalue weighted by atomic mass is 35.5. The van der Waals surface area contributed by atoms with Crippen LogP contribution in [0.3, 0.4) is 0 Å². The lowest BCUT2D eigenvalue weighted by molar-refractivity contribution is -0.00000988. The van der Waals surface area contributed by atoms with E-state index in [9.17, 15) is 21.0 Å². The highest BCUT2D eigenvalue weighted by Crippen LogP contribution is 2.40. The molecule has 2 aliphatic carbocycles. The molecule has 0 unspecified atom stereocenters. The van der Waals surface area contributed by atoms with Crippen LogP contribution in [0.5, 0.6) is 0 Å². The van der Waals surface area contributed by atoms with Crippen molar-refractivity contribution in [3.05, 3.63) is 45.8 Å². The van der Waals surface area contributed by atoms with Gasteiger partial charge in [-0.25, -0.2) is 0 Å². The zero-order chi connectivity index (χ0) is 25.6. The fourth-order valence-corrected chi connectivity index (χ4v) is 5.39. The number of nitrogens with one attached hydrogen (secondary N) is 1. The minimum Gasteiger partial charge on any atom is -1.00 e. The molecule has 1 fully saturated rings. The van der Waals surface area contributed by atoms with Crippen LogP contribution in [0.4, 0.5) is 0 Å². The SMILES string of the molecule is CC1(C)CC(NCCN2CCN(C3=CC(=C(C#N)C#N)CC(C)(C)C3)CC2)=CC(=C(C#N)C#N)C1.[Cl-]. The van der Waals surface area contributed by atoms with E-state index in [-0.39, 0.29) is 34.4 Å². The van der Waals surface area contributed by atoms with Crippen molar-refractivity contribution >= 4 is 0 Å². The molecule has 3 rings (SSSR count). The van der Waals surface area contributed by atoms with E-state index in [0.717, 1.165) is 81.8 Å². The first-order valence-corrected chi connectivity index (χ1v) is 12.3. The Kier molecular flexibility index (Phi) is 9.78. The van der Waals surface area contributed by atoms with Crippen molar-refractivity contribution in [2.24, 2.45) is 10.8 Å². The summed E-state index contributed by atoms with van der Waals surface area (Å²) < 4.78 is 0. The highest BCUT2D eigenvalue weighted by Gasteiger charge is 2.31. The average molecular weight is 505 g/mol. The number of hydrogen-bond donors (Lipinski definition) is 1. The van der Waals surface area contributed by atoms with Crippen LogP contribution in [0.1, 0.15) is 53.4 Å². The second-order valence-electron chi connectivity index (χ2n) is 11.3. The number of allylic oxidation sites excluding steroid dienone is 8. The van der Waals surface area contributed by atoms with Gasteiger partial charge >= 0.3 is 0 Å². The molecule has 0 aromatic carbocycles. The van der Waals surface area contributed by atoms with E-state index in [4.69, 9.17) is 0 Å². The fraction of sp³-hybridized carbons (Fsp3) is 0.571. The average Bonchev–Trinajstić information content (AvgIpc) is 2.79. The molecule has 7 nitrogen and oxygen atoms in total. The van der Waals surface area contributed by atoms with Gasteiger partial charge in [-0.2, -0.15) is 21.0 Å². The van der Waals surface area contributed by atoms with Gasteiger partial charge in [-0.3, -0.25) is 4.90 Å². The molecule has 36 heavy (non-hydrogen) atoms. The maximum absolute atomic E-state index is 9.33. The Morgan fingerprint density at radius 3 is 1.81 bits per heavy atom. The topological polar surface area (TPSA) is 114 Å². The van der Waals surface area contributed by atoms with Crippen LogP contribution < -0.4 is 17.7 Å². The summed E-state index contributed by atoms with van der Waals surface area (Å²) in [6, 6.07) is 8.19. The van der Waals surface area contributed by atoms with Gasteiger partial charge in [0.05, 0.1) is 0 Å². The van der Waals surface area contributed by atoms with E-state index in [2.05, 4.69) is 61.0 Å². The molecule has 0 aromatic rings. The number of piperazine rings is 1. The van der Waals surface area contributed by atoms with E-state index in [0.29, 0.717) is 0 Å². The number of nitriles is 4. The van der Waals surface area contributed by atoms with Gasteiger partial charge in [0, 0.05) is 50.7 Å². The smallest absolute Gasteiger partial charge is 0.132 e. The van der Waals surface area contributed by atoms with Gasteiger partial charge in [-0.05, 0) is 59.8 Å². The molecule has 3 aliphatic rings. The summed E-state index contributed by atoms with van der Waals surface area (Å²) in [4.78, 5) is 4.86. The molecule has 0 atom stereocenters. The van der Waals surface area contributed by atoms with Crippen molar-refractivity contribution in [2.45, 2.75) is 53.4 Å². The van der Waals surface area contributed by atoms with Gasteiger partial charge in [-0.1, -0.05) is 27.7 Å². The molecule has 1 heterocycles. The maximum Gasteiger partial charge on any atom is 0.132 e. The predicted molar refractivity (Wildman–Crippen MR) is 135 cm³/mol. The summed E-state index contributed by atoms with van der Waals surface area (Å²) in [6.07, 6.45) is 7.42. The molecular formula is C28H35ClN7-. The Balaban J connectivity index is 0.00000456. The quantitative estimate of drug-likeness (QED) is 0.561. The van der Waals surface area contributed by atoms with Crippen molar-refractivity contribution in [3.8, 4) is 24.3 Å². The Hall–Kier alpha value is -3.23. The van der Waals surface area contributed by atoms with Gasteiger partial charge < -0.3 is 22.6 Å². The molecule has 190 valence electrons. The Labute approximate surface area is 222 Å². The number of rotatable bonds is 5. The minimum absolute atomic E-state index is 0. The second kappa shape index (κ2) is 12.1. The Morgan fingerprint density at radius 1 is 0.778 bits per heavy atom. The van der Waals surface area contributed by atoms with Crippen molar-refractivity contribution in [1.29, 1.82) is 21.0 Å². The molecule has 1 N–H and O–H groups in total. The lowest BCUT2D eigenvalue weighted by Crippen LogP contribution is -3.00. The van der Waals surface area contributed by atoms with E-state index in [1.54, 1.807) is 0 Å².